The summed E-state index contributed by atoms with van der Waals surface area (Å²) in [5.41, 5.74) is 2.64. The Kier molecular flexibility index (Phi) is 15.6. The standard InChI is InChI=1S/C24H34N2O3.2ClH/c1-3-7-23(8-4-1)21-25-11-15-27-16-12-26(22-24-9-5-2-6-10-24)14-18-29-20-19-28-17-13-25;;/h1-10H,11-22H2;2*1H. The molecule has 1 fully saturated rings. The highest BCUT2D eigenvalue weighted by Gasteiger charge is 2.09. The third-order valence-corrected chi connectivity index (χ3v) is 5.08. The van der Waals surface area contributed by atoms with Crippen molar-refractivity contribution in [3.63, 3.8) is 0 Å². The van der Waals surface area contributed by atoms with Gasteiger partial charge in [0, 0.05) is 39.3 Å². The second kappa shape index (κ2) is 17.4. The molecule has 0 aromatic heterocycles. The maximum absolute atomic E-state index is 5.98. The maximum Gasteiger partial charge on any atom is 0.0701 e. The van der Waals surface area contributed by atoms with Gasteiger partial charge in [0.15, 0.2) is 0 Å². The van der Waals surface area contributed by atoms with Crippen LogP contribution in [0.5, 0.6) is 0 Å². The monoisotopic (exact) mass is 470 g/mol. The van der Waals surface area contributed by atoms with Crippen molar-refractivity contribution in [1.82, 2.24) is 9.80 Å². The van der Waals surface area contributed by atoms with E-state index in [0.29, 0.717) is 13.2 Å². The molecule has 0 saturated carbocycles. The minimum atomic E-state index is 0. The molecule has 0 spiro atoms. The normalized spacial score (nSPS) is 18.1. The Hall–Kier alpha value is -1.18. The van der Waals surface area contributed by atoms with E-state index in [1.807, 2.05) is 0 Å². The zero-order valence-electron chi connectivity index (χ0n) is 18.2. The third kappa shape index (κ3) is 11.9. The predicted octanol–water partition coefficient (Wildman–Crippen LogP) is 3.90. The molecule has 0 amide bonds. The summed E-state index contributed by atoms with van der Waals surface area (Å²) in [6, 6.07) is 21.2. The van der Waals surface area contributed by atoms with Gasteiger partial charge in [0.1, 0.15) is 0 Å². The first-order valence-corrected chi connectivity index (χ1v) is 10.7. The van der Waals surface area contributed by atoms with Crippen LogP contribution >= 0.6 is 24.8 Å². The van der Waals surface area contributed by atoms with Crippen LogP contribution in [0.3, 0.4) is 0 Å². The van der Waals surface area contributed by atoms with Gasteiger partial charge in [-0.1, -0.05) is 60.7 Å². The van der Waals surface area contributed by atoms with Gasteiger partial charge in [-0.05, 0) is 11.1 Å². The first kappa shape index (κ1) is 27.9. The van der Waals surface area contributed by atoms with E-state index in [4.69, 9.17) is 14.2 Å². The van der Waals surface area contributed by atoms with Gasteiger partial charge in [-0.3, -0.25) is 9.80 Å². The second-order valence-electron chi connectivity index (χ2n) is 7.36. The molecule has 0 bridgehead atoms. The molecule has 1 aliphatic heterocycles. The zero-order chi connectivity index (χ0) is 20.0. The first-order chi connectivity index (χ1) is 14.4. The average Bonchev–Trinajstić information content (AvgIpc) is 2.76. The van der Waals surface area contributed by atoms with E-state index in [0.717, 1.165) is 65.7 Å². The summed E-state index contributed by atoms with van der Waals surface area (Å²) < 4.78 is 17.5. The second-order valence-corrected chi connectivity index (χ2v) is 7.36. The van der Waals surface area contributed by atoms with Crippen molar-refractivity contribution in [2.75, 3.05) is 65.8 Å². The van der Waals surface area contributed by atoms with E-state index >= 15 is 0 Å². The number of benzene rings is 2. The Morgan fingerprint density at radius 3 is 1.16 bits per heavy atom. The lowest BCUT2D eigenvalue weighted by Gasteiger charge is -2.23. The molecule has 5 nitrogen and oxygen atoms in total. The van der Waals surface area contributed by atoms with Crippen LogP contribution in [0, 0.1) is 0 Å². The number of hydrogen-bond donors (Lipinski definition) is 0. The summed E-state index contributed by atoms with van der Waals surface area (Å²) in [7, 11) is 0. The molecule has 7 heteroatoms. The molecule has 2 aromatic rings. The molecule has 0 atom stereocenters. The Balaban J connectivity index is 0.00000240. The largest absolute Gasteiger partial charge is 0.379 e. The van der Waals surface area contributed by atoms with Gasteiger partial charge in [-0.15, -0.1) is 24.8 Å². The van der Waals surface area contributed by atoms with Crippen molar-refractivity contribution in [2.24, 2.45) is 0 Å². The van der Waals surface area contributed by atoms with Crippen LogP contribution in [0.4, 0.5) is 0 Å². The third-order valence-electron chi connectivity index (χ3n) is 5.08. The summed E-state index contributed by atoms with van der Waals surface area (Å²) in [6.07, 6.45) is 0. The van der Waals surface area contributed by atoms with E-state index in [1.165, 1.54) is 11.1 Å². The van der Waals surface area contributed by atoms with Crippen molar-refractivity contribution >= 4 is 24.8 Å². The molecule has 1 aliphatic rings. The average molecular weight is 471 g/mol. The lowest BCUT2D eigenvalue weighted by Crippen LogP contribution is -2.32. The minimum Gasteiger partial charge on any atom is -0.379 e. The van der Waals surface area contributed by atoms with Crippen LogP contribution in [0.25, 0.3) is 0 Å². The molecule has 0 aliphatic carbocycles. The van der Waals surface area contributed by atoms with Gasteiger partial charge in [0.2, 0.25) is 0 Å². The zero-order valence-corrected chi connectivity index (χ0v) is 19.8. The van der Waals surface area contributed by atoms with E-state index in [2.05, 4.69) is 70.5 Å². The number of rotatable bonds is 4. The molecule has 3 rings (SSSR count). The van der Waals surface area contributed by atoms with Gasteiger partial charge in [-0.25, -0.2) is 0 Å². The fourth-order valence-corrected chi connectivity index (χ4v) is 3.42. The molecule has 0 N–H and O–H groups in total. The van der Waals surface area contributed by atoms with Crippen molar-refractivity contribution in [1.29, 1.82) is 0 Å². The van der Waals surface area contributed by atoms with Crippen LogP contribution in [0.2, 0.25) is 0 Å². The van der Waals surface area contributed by atoms with Crippen LogP contribution in [0.15, 0.2) is 60.7 Å². The van der Waals surface area contributed by atoms with Gasteiger partial charge in [0.05, 0.1) is 39.6 Å². The number of ether oxygens (including phenoxy) is 3. The topological polar surface area (TPSA) is 34.2 Å². The van der Waals surface area contributed by atoms with Crippen molar-refractivity contribution in [3.8, 4) is 0 Å². The van der Waals surface area contributed by atoms with Crippen LogP contribution in [-0.2, 0) is 27.3 Å². The molecule has 2 aromatic carbocycles. The van der Waals surface area contributed by atoms with E-state index < -0.39 is 0 Å². The van der Waals surface area contributed by atoms with Crippen LogP contribution < -0.4 is 0 Å². The van der Waals surface area contributed by atoms with Gasteiger partial charge >= 0.3 is 0 Å². The lowest BCUT2D eigenvalue weighted by atomic mass is 10.2. The molecular weight excluding hydrogens is 435 g/mol. The number of nitrogens with zero attached hydrogens (tertiary/aromatic N) is 2. The fraction of sp³-hybridized carbons (Fsp3) is 0.500. The summed E-state index contributed by atoms with van der Waals surface area (Å²) in [5.74, 6) is 0. The van der Waals surface area contributed by atoms with E-state index in [-0.39, 0.29) is 24.8 Å². The van der Waals surface area contributed by atoms with Crippen LogP contribution in [0.1, 0.15) is 11.1 Å². The minimum absolute atomic E-state index is 0. The Morgan fingerprint density at radius 2 is 0.806 bits per heavy atom. The van der Waals surface area contributed by atoms with Gasteiger partial charge in [-0.2, -0.15) is 0 Å². The Labute approximate surface area is 199 Å². The fourth-order valence-electron chi connectivity index (χ4n) is 3.42. The smallest absolute Gasteiger partial charge is 0.0701 e. The number of halogens is 2. The van der Waals surface area contributed by atoms with Gasteiger partial charge < -0.3 is 14.2 Å². The predicted molar refractivity (Wildman–Crippen MR) is 130 cm³/mol. The summed E-state index contributed by atoms with van der Waals surface area (Å²) >= 11 is 0. The van der Waals surface area contributed by atoms with Crippen molar-refractivity contribution in [3.05, 3.63) is 71.8 Å². The highest BCUT2D eigenvalue weighted by molar-refractivity contribution is 5.85. The molecule has 1 heterocycles. The van der Waals surface area contributed by atoms with Gasteiger partial charge in [0.25, 0.3) is 0 Å². The molecule has 31 heavy (non-hydrogen) atoms. The van der Waals surface area contributed by atoms with Crippen LogP contribution in [-0.4, -0.2) is 75.6 Å². The van der Waals surface area contributed by atoms with E-state index in [1.54, 1.807) is 0 Å². The molecular formula is C24H36Cl2N2O3. The summed E-state index contributed by atoms with van der Waals surface area (Å²) in [6.45, 7) is 9.67. The molecule has 1 saturated heterocycles. The maximum atomic E-state index is 5.98. The quantitative estimate of drug-likeness (QED) is 0.676. The summed E-state index contributed by atoms with van der Waals surface area (Å²) in [5, 5.41) is 0. The van der Waals surface area contributed by atoms with Crippen molar-refractivity contribution in [2.45, 2.75) is 13.1 Å². The Bertz CT molecular complexity index is 607. The van der Waals surface area contributed by atoms with Crippen molar-refractivity contribution < 1.29 is 14.2 Å². The highest BCUT2D eigenvalue weighted by atomic mass is 35.5. The number of hydrogen-bond acceptors (Lipinski definition) is 5. The molecule has 0 unspecified atom stereocenters. The van der Waals surface area contributed by atoms with E-state index in [9.17, 15) is 0 Å². The molecule has 174 valence electrons. The molecule has 0 radical (unpaired) electrons. The first-order valence-electron chi connectivity index (χ1n) is 10.7. The SMILES string of the molecule is Cl.Cl.c1ccc(CN2CCOCCOCCN(Cc3ccccc3)CCOCC2)cc1. The highest BCUT2D eigenvalue weighted by Crippen LogP contribution is 2.06. The lowest BCUT2D eigenvalue weighted by molar-refractivity contribution is 0.0311. The Morgan fingerprint density at radius 1 is 0.484 bits per heavy atom. The summed E-state index contributed by atoms with van der Waals surface area (Å²) in [4.78, 5) is 4.80.